The standard InChI is InChI=1S/C14H30N2O/c1-12(2)16(4)9-6-5-8-15-13(3)14-7-10-17-11-14/h12-15H,5-11H2,1-4H3. The molecule has 0 bridgehead atoms. The van der Waals surface area contributed by atoms with Crippen LogP contribution in [-0.4, -0.2) is 50.3 Å². The van der Waals surface area contributed by atoms with Crippen molar-refractivity contribution in [3.8, 4) is 0 Å². The number of hydrogen-bond acceptors (Lipinski definition) is 3. The SMILES string of the molecule is CC(NCCCCN(C)C(C)C)C1CCOC1. The summed E-state index contributed by atoms with van der Waals surface area (Å²) in [6.07, 6.45) is 3.79. The molecule has 17 heavy (non-hydrogen) atoms. The summed E-state index contributed by atoms with van der Waals surface area (Å²) in [5.74, 6) is 0.730. The van der Waals surface area contributed by atoms with Gasteiger partial charge in [0, 0.05) is 18.7 Å². The third kappa shape index (κ3) is 5.84. The summed E-state index contributed by atoms with van der Waals surface area (Å²) < 4.78 is 5.42. The molecule has 1 N–H and O–H groups in total. The van der Waals surface area contributed by atoms with Gasteiger partial charge in [0.1, 0.15) is 0 Å². The number of nitrogens with one attached hydrogen (secondary N) is 1. The van der Waals surface area contributed by atoms with Crippen LogP contribution in [0, 0.1) is 5.92 Å². The lowest BCUT2D eigenvalue weighted by molar-refractivity contribution is 0.178. The molecule has 2 atom stereocenters. The Hall–Kier alpha value is -0.120. The zero-order valence-corrected chi connectivity index (χ0v) is 12.0. The summed E-state index contributed by atoms with van der Waals surface area (Å²) in [6.45, 7) is 11.0. The number of unbranched alkanes of at least 4 members (excludes halogenated alkanes) is 1. The highest BCUT2D eigenvalue weighted by molar-refractivity contribution is 4.75. The minimum Gasteiger partial charge on any atom is -0.381 e. The lowest BCUT2D eigenvalue weighted by Crippen LogP contribution is -2.35. The first kappa shape index (κ1) is 14.9. The summed E-state index contributed by atoms with van der Waals surface area (Å²) in [6, 6.07) is 1.28. The lowest BCUT2D eigenvalue weighted by atomic mass is 10.0. The minimum atomic E-state index is 0.611. The van der Waals surface area contributed by atoms with Gasteiger partial charge in [-0.3, -0.25) is 0 Å². The first-order valence-corrected chi connectivity index (χ1v) is 7.12. The molecule has 0 radical (unpaired) electrons. The molecule has 1 saturated heterocycles. The van der Waals surface area contributed by atoms with E-state index in [9.17, 15) is 0 Å². The van der Waals surface area contributed by atoms with E-state index in [0.29, 0.717) is 12.1 Å². The summed E-state index contributed by atoms with van der Waals surface area (Å²) in [5, 5.41) is 3.63. The van der Waals surface area contributed by atoms with Gasteiger partial charge in [0.15, 0.2) is 0 Å². The molecule has 0 aromatic rings. The van der Waals surface area contributed by atoms with Gasteiger partial charge in [-0.25, -0.2) is 0 Å². The van der Waals surface area contributed by atoms with E-state index in [0.717, 1.165) is 25.7 Å². The van der Waals surface area contributed by atoms with Crippen molar-refractivity contribution in [3.05, 3.63) is 0 Å². The third-order valence-corrected chi connectivity index (χ3v) is 3.96. The van der Waals surface area contributed by atoms with Crippen molar-refractivity contribution in [1.82, 2.24) is 10.2 Å². The summed E-state index contributed by atoms with van der Waals surface area (Å²) in [7, 11) is 2.20. The first-order valence-electron chi connectivity index (χ1n) is 7.12. The van der Waals surface area contributed by atoms with Crippen molar-refractivity contribution in [2.75, 3.05) is 33.4 Å². The van der Waals surface area contributed by atoms with Crippen molar-refractivity contribution >= 4 is 0 Å². The van der Waals surface area contributed by atoms with E-state index in [-0.39, 0.29) is 0 Å². The van der Waals surface area contributed by atoms with Crippen molar-refractivity contribution in [1.29, 1.82) is 0 Å². The van der Waals surface area contributed by atoms with Gasteiger partial charge in [0.2, 0.25) is 0 Å². The van der Waals surface area contributed by atoms with Crippen LogP contribution in [0.1, 0.15) is 40.0 Å². The zero-order valence-electron chi connectivity index (χ0n) is 12.0. The molecule has 2 unspecified atom stereocenters. The molecule has 0 saturated carbocycles. The van der Waals surface area contributed by atoms with Gasteiger partial charge in [0.05, 0.1) is 6.61 Å². The van der Waals surface area contributed by atoms with Crippen LogP contribution < -0.4 is 5.32 Å². The highest BCUT2D eigenvalue weighted by Crippen LogP contribution is 2.16. The molecule has 0 aliphatic carbocycles. The van der Waals surface area contributed by atoms with Crippen LogP contribution in [0.5, 0.6) is 0 Å². The van der Waals surface area contributed by atoms with Crippen LogP contribution in [0.25, 0.3) is 0 Å². The number of nitrogens with zero attached hydrogens (tertiary/aromatic N) is 1. The van der Waals surface area contributed by atoms with E-state index in [4.69, 9.17) is 4.74 Å². The molecule has 1 fully saturated rings. The van der Waals surface area contributed by atoms with Gasteiger partial charge in [-0.1, -0.05) is 0 Å². The van der Waals surface area contributed by atoms with Crippen molar-refractivity contribution in [2.24, 2.45) is 5.92 Å². The fourth-order valence-electron chi connectivity index (χ4n) is 2.19. The van der Waals surface area contributed by atoms with E-state index in [2.05, 4.69) is 38.0 Å². The Morgan fingerprint density at radius 2 is 2.06 bits per heavy atom. The third-order valence-electron chi connectivity index (χ3n) is 3.96. The normalized spacial score (nSPS) is 22.6. The molecular weight excluding hydrogens is 212 g/mol. The van der Waals surface area contributed by atoms with E-state index in [1.54, 1.807) is 0 Å². The van der Waals surface area contributed by atoms with Crippen molar-refractivity contribution in [2.45, 2.75) is 52.1 Å². The predicted molar refractivity (Wildman–Crippen MR) is 73.4 cm³/mol. The maximum atomic E-state index is 5.42. The van der Waals surface area contributed by atoms with Crippen LogP contribution >= 0.6 is 0 Å². The van der Waals surface area contributed by atoms with Crippen LogP contribution in [0.15, 0.2) is 0 Å². The van der Waals surface area contributed by atoms with E-state index < -0.39 is 0 Å². The van der Waals surface area contributed by atoms with Crippen molar-refractivity contribution in [3.63, 3.8) is 0 Å². The summed E-state index contributed by atoms with van der Waals surface area (Å²) in [4.78, 5) is 2.41. The molecule has 0 aromatic carbocycles. The highest BCUT2D eigenvalue weighted by atomic mass is 16.5. The van der Waals surface area contributed by atoms with Gasteiger partial charge in [-0.05, 0) is 66.1 Å². The second kappa shape index (κ2) is 8.06. The molecule has 1 aliphatic rings. The van der Waals surface area contributed by atoms with Crippen LogP contribution in [0.3, 0.4) is 0 Å². The Morgan fingerprint density at radius 1 is 1.29 bits per heavy atom. The molecule has 3 nitrogen and oxygen atoms in total. The van der Waals surface area contributed by atoms with E-state index in [1.165, 1.54) is 25.8 Å². The topological polar surface area (TPSA) is 24.5 Å². The maximum Gasteiger partial charge on any atom is 0.0509 e. The number of ether oxygens (including phenoxy) is 1. The fourth-order valence-corrected chi connectivity index (χ4v) is 2.19. The van der Waals surface area contributed by atoms with E-state index >= 15 is 0 Å². The Morgan fingerprint density at radius 3 is 2.65 bits per heavy atom. The molecule has 1 rings (SSSR count). The van der Waals surface area contributed by atoms with Crippen LogP contribution in [-0.2, 0) is 4.74 Å². The van der Waals surface area contributed by atoms with Gasteiger partial charge >= 0.3 is 0 Å². The van der Waals surface area contributed by atoms with Crippen LogP contribution in [0.4, 0.5) is 0 Å². The van der Waals surface area contributed by atoms with Gasteiger partial charge in [0.25, 0.3) is 0 Å². The van der Waals surface area contributed by atoms with Gasteiger partial charge in [-0.2, -0.15) is 0 Å². The number of hydrogen-bond donors (Lipinski definition) is 1. The fraction of sp³-hybridized carbons (Fsp3) is 1.00. The molecule has 1 heterocycles. The molecule has 102 valence electrons. The van der Waals surface area contributed by atoms with Gasteiger partial charge < -0.3 is 15.0 Å². The average molecular weight is 242 g/mol. The Balaban J connectivity index is 1.96. The Bertz CT molecular complexity index is 191. The molecule has 0 spiro atoms. The molecule has 1 aliphatic heterocycles. The molecular formula is C14H30N2O. The predicted octanol–water partition coefficient (Wildman–Crippen LogP) is 2.12. The zero-order chi connectivity index (χ0) is 12.7. The second-order valence-electron chi connectivity index (χ2n) is 5.65. The quantitative estimate of drug-likeness (QED) is 0.660. The van der Waals surface area contributed by atoms with Gasteiger partial charge in [-0.15, -0.1) is 0 Å². The monoisotopic (exact) mass is 242 g/mol. The maximum absolute atomic E-state index is 5.42. The van der Waals surface area contributed by atoms with Crippen molar-refractivity contribution < 1.29 is 4.74 Å². The van der Waals surface area contributed by atoms with E-state index in [1.807, 2.05) is 0 Å². The molecule has 0 aromatic heterocycles. The average Bonchev–Trinajstić information content (AvgIpc) is 2.81. The Kier molecular flexibility index (Phi) is 7.09. The number of rotatable bonds is 8. The molecule has 0 amide bonds. The Labute approximate surface area is 107 Å². The first-order chi connectivity index (χ1) is 8.11. The largest absolute Gasteiger partial charge is 0.381 e. The highest BCUT2D eigenvalue weighted by Gasteiger charge is 2.21. The molecule has 3 heteroatoms. The second-order valence-corrected chi connectivity index (χ2v) is 5.65. The van der Waals surface area contributed by atoms with Crippen LogP contribution in [0.2, 0.25) is 0 Å². The smallest absolute Gasteiger partial charge is 0.0509 e. The summed E-state index contributed by atoms with van der Waals surface area (Å²) >= 11 is 0. The minimum absolute atomic E-state index is 0.611. The lowest BCUT2D eigenvalue weighted by Gasteiger charge is -2.22. The summed E-state index contributed by atoms with van der Waals surface area (Å²) in [5.41, 5.74) is 0.